The molecule has 2 aromatic rings. The zero-order valence-corrected chi connectivity index (χ0v) is 13.0. The molecule has 0 aliphatic rings. The van der Waals surface area contributed by atoms with Crippen molar-refractivity contribution in [3.8, 4) is 0 Å². The normalized spacial score (nSPS) is 12.4. The second-order valence-corrected chi connectivity index (χ2v) is 6.29. The average molecular weight is 326 g/mol. The van der Waals surface area contributed by atoms with Crippen molar-refractivity contribution >= 4 is 11.4 Å². The summed E-state index contributed by atoms with van der Waals surface area (Å²) in [6.45, 7) is 5.24. The molecule has 2 aromatic carbocycles. The summed E-state index contributed by atoms with van der Waals surface area (Å²) in [5.74, 6) is 0. The Morgan fingerprint density at radius 3 is 2.09 bits per heavy atom. The van der Waals surface area contributed by atoms with E-state index in [4.69, 9.17) is 0 Å². The molecule has 4 nitrogen and oxygen atoms in total. The first-order valence-electron chi connectivity index (χ1n) is 7.01. The van der Waals surface area contributed by atoms with Gasteiger partial charge in [0, 0.05) is 12.1 Å². The van der Waals surface area contributed by atoms with Crippen LogP contribution in [0.3, 0.4) is 0 Å². The first-order valence-corrected chi connectivity index (χ1v) is 7.01. The van der Waals surface area contributed by atoms with Crippen LogP contribution in [0.2, 0.25) is 0 Å². The van der Waals surface area contributed by atoms with Crippen LogP contribution in [0.5, 0.6) is 0 Å². The molecule has 0 aromatic heterocycles. The molecule has 0 spiro atoms. The third-order valence-corrected chi connectivity index (χ3v) is 3.19. The Balaban J connectivity index is 2.22. The van der Waals surface area contributed by atoms with E-state index < -0.39 is 28.1 Å². The summed E-state index contributed by atoms with van der Waals surface area (Å²) in [5.41, 5.74) is -2.43. The van der Waals surface area contributed by atoms with Crippen molar-refractivity contribution in [2.45, 2.75) is 39.0 Å². The molecule has 0 saturated heterocycles. The molecule has 23 heavy (non-hydrogen) atoms. The average Bonchev–Trinajstić information content (AvgIpc) is 2.44. The Morgan fingerprint density at radius 1 is 0.957 bits per heavy atom. The maximum absolute atomic E-state index is 12.9. The highest BCUT2D eigenvalue weighted by molar-refractivity contribution is 5.74. The number of nitrogens with one attached hydrogen (secondary N) is 2. The minimum absolute atomic E-state index is 0.00903. The summed E-state index contributed by atoms with van der Waals surface area (Å²) < 4.78 is 38.8. The molecule has 0 amide bonds. The van der Waals surface area contributed by atoms with Gasteiger partial charge < -0.3 is 10.6 Å². The van der Waals surface area contributed by atoms with Crippen molar-refractivity contribution in [2.75, 3.05) is 10.6 Å². The van der Waals surface area contributed by atoms with Crippen LogP contribution in [0.1, 0.15) is 31.9 Å². The largest absolute Gasteiger partial charge is 0.416 e. The van der Waals surface area contributed by atoms with Gasteiger partial charge in [0.15, 0.2) is 0 Å². The third-order valence-electron chi connectivity index (χ3n) is 3.19. The summed E-state index contributed by atoms with van der Waals surface area (Å²) in [7, 11) is 0. The van der Waals surface area contributed by atoms with Gasteiger partial charge in [-0.25, -0.2) is 0 Å². The fourth-order valence-corrected chi connectivity index (χ4v) is 2.19. The molecule has 0 aliphatic heterocycles. The fourth-order valence-electron chi connectivity index (χ4n) is 2.19. The molecule has 0 bridgehead atoms. The van der Waals surface area contributed by atoms with E-state index in [1.165, 1.54) is 18.2 Å². The van der Waals surface area contributed by atoms with Gasteiger partial charge in [0.2, 0.25) is 0 Å². The molecular formula is C16H17F3N2O2. The van der Waals surface area contributed by atoms with E-state index in [0.717, 1.165) is 6.07 Å². The summed E-state index contributed by atoms with van der Waals surface area (Å²) in [4.78, 5) is 23.2. The molecule has 0 saturated carbocycles. The van der Waals surface area contributed by atoms with Gasteiger partial charge in [-0.15, -0.1) is 0 Å². The first kappa shape index (κ1) is 17.1. The molecule has 2 N–H and O–H groups in total. The summed E-state index contributed by atoms with van der Waals surface area (Å²) in [6, 6.07) is 5.10. The van der Waals surface area contributed by atoms with Crippen LogP contribution in [-0.4, -0.2) is 5.54 Å². The topological polar surface area (TPSA) is 58.2 Å². The van der Waals surface area contributed by atoms with Gasteiger partial charge in [0.25, 0.3) is 10.9 Å². The Hall–Kier alpha value is -2.31. The van der Waals surface area contributed by atoms with Crippen LogP contribution in [0, 0.1) is 0 Å². The lowest BCUT2D eigenvalue weighted by Gasteiger charge is -2.25. The van der Waals surface area contributed by atoms with Crippen molar-refractivity contribution in [1.82, 2.24) is 0 Å². The minimum Gasteiger partial charge on any atom is -0.376 e. The van der Waals surface area contributed by atoms with Gasteiger partial charge in [0.05, 0.1) is 5.56 Å². The standard InChI is InChI=1S/C16H17F3N2O2/c1-15(2,3)21-12-11(13(22)14(12)23)20-8-9-6-4-5-7-10(9)16(17,18)19/h4-7,20-21H,8H2,1-3H3. The zero-order chi connectivity index (χ0) is 17.4. The van der Waals surface area contributed by atoms with Crippen molar-refractivity contribution in [3.05, 3.63) is 55.8 Å². The lowest BCUT2D eigenvalue weighted by Crippen LogP contribution is -2.41. The van der Waals surface area contributed by atoms with Crippen molar-refractivity contribution in [3.63, 3.8) is 0 Å². The fraction of sp³-hybridized carbons (Fsp3) is 0.375. The molecular weight excluding hydrogens is 309 g/mol. The number of halogens is 3. The number of alkyl halides is 3. The maximum atomic E-state index is 12.9. The quantitative estimate of drug-likeness (QED) is 0.848. The van der Waals surface area contributed by atoms with Crippen molar-refractivity contribution in [2.24, 2.45) is 0 Å². The Morgan fingerprint density at radius 2 is 1.52 bits per heavy atom. The van der Waals surface area contributed by atoms with E-state index >= 15 is 0 Å². The minimum atomic E-state index is -4.47. The van der Waals surface area contributed by atoms with Crippen LogP contribution in [0.25, 0.3) is 0 Å². The SMILES string of the molecule is CC(C)(C)Nc1c(NCc2ccccc2C(F)(F)F)c(=O)c1=O. The van der Waals surface area contributed by atoms with E-state index in [1.807, 2.05) is 20.8 Å². The second kappa shape index (κ2) is 5.72. The molecule has 0 unspecified atom stereocenters. The van der Waals surface area contributed by atoms with Gasteiger partial charge >= 0.3 is 6.18 Å². The second-order valence-electron chi connectivity index (χ2n) is 6.29. The van der Waals surface area contributed by atoms with E-state index in [9.17, 15) is 22.8 Å². The first-order chi connectivity index (χ1) is 10.5. The van der Waals surface area contributed by atoms with Gasteiger partial charge in [0.1, 0.15) is 11.4 Å². The van der Waals surface area contributed by atoms with E-state index in [-0.39, 0.29) is 23.5 Å². The number of rotatable bonds is 4. The Kier molecular flexibility index (Phi) is 4.24. The van der Waals surface area contributed by atoms with Gasteiger partial charge in [-0.05, 0) is 32.4 Å². The highest BCUT2D eigenvalue weighted by atomic mass is 19.4. The highest BCUT2D eigenvalue weighted by Crippen LogP contribution is 2.32. The summed E-state index contributed by atoms with van der Waals surface area (Å²) in [5, 5.41) is 5.54. The molecule has 0 atom stereocenters. The van der Waals surface area contributed by atoms with E-state index in [2.05, 4.69) is 10.6 Å². The molecule has 124 valence electrons. The lowest BCUT2D eigenvalue weighted by molar-refractivity contribution is -0.138. The number of hydrogen-bond acceptors (Lipinski definition) is 4. The van der Waals surface area contributed by atoms with Gasteiger partial charge in [-0.1, -0.05) is 18.2 Å². The molecule has 2 rings (SSSR count). The zero-order valence-electron chi connectivity index (χ0n) is 13.0. The number of benzene rings is 1. The lowest BCUT2D eigenvalue weighted by atomic mass is 10.0. The Labute approximate surface area is 131 Å². The maximum Gasteiger partial charge on any atom is 0.416 e. The monoisotopic (exact) mass is 326 g/mol. The molecule has 7 heteroatoms. The highest BCUT2D eigenvalue weighted by Gasteiger charge is 2.33. The Bertz CT molecular complexity index is 782. The van der Waals surface area contributed by atoms with Crippen molar-refractivity contribution in [1.29, 1.82) is 0 Å². The van der Waals surface area contributed by atoms with E-state index in [1.54, 1.807) is 0 Å². The molecule has 0 aliphatic carbocycles. The van der Waals surface area contributed by atoms with E-state index in [0.29, 0.717) is 0 Å². The van der Waals surface area contributed by atoms with Crippen molar-refractivity contribution < 1.29 is 13.2 Å². The summed E-state index contributed by atoms with van der Waals surface area (Å²) >= 11 is 0. The summed E-state index contributed by atoms with van der Waals surface area (Å²) in [6.07, 6.45) is -4.47. The van der Waals surface area contributed by atoms with Gasteiger partial charge in [-0.2, -0.15) is 13.2 Å². The number of hydrogen-bond donors (Lipinski definition) is 2. The molecule has 0 radical (unpaired) electrons. The smallest absolute Gasteiger partial charge is 0.376 e. The third kappa shape index (κ3) is 3.72. The number of anilines is 2. The predicted molar refractivity (Wildman–Crippen MR) is 83.5 cm³/mol. The van der Waals surface area contributed by atoms with Crippen LogP contribution in [0.15, 0.2) is 33.9 Å². The van der Waals surface area contributed by atoms with Crippen LogP contribution in [-0.2, 0) is 12.7 Å². The molecule has 0 fully saturated rings. The van der Waals surface area contributed by atoms with Crippen LogP contribution >= 0.6 is 0 Å². The van der Waals surface area contributed by atoms with Crippen LogP contribution < -0.4 is 21.5 Å². The van der Waals surface area contributed by atoms with Crippen LogP contribution in [0.4, 0.5) is 24.5 Å². The predicted octanol–water partition coefficient (Wildman–Crippen LogP) is 3.12. The van der Waals surface area contributed by atoms with Gasteiger partial charge in [-0.3, -0.25) is 9.59 Å². The molecule has 0 heterocycles.